The highest BCUT2D eigenvalue weighted by Crippen LogP contribution is 2.28. The third-order valence-corrected chi connectivity index (χ3v) is 4.77. The lowest BCUT2D eigenvalue weighted by Crippen LogP contribution is -2.22. The van der Waals surface area contributed by atoms with Gasteiger partial charge in [0.25, 0.3) is 5.91 Å². The Morgan fingerprint density at radius 3 is 2.41 bits per heavy atom. The fourth-order valence-corrected chi connectivity index (χ4v) is 3.32. The summed E-state index contributed by atoms with van der Waals surface area (Å²) in [5.74, 6) is -0.223. The van der Waals surface area contributed by atoms with Crippen molar-refractivity contribution in [1.82, 2.24) is 14.7 Å². The lowest BCUT2D eigenvalue weighted by Gasteiger charge is -2.19. The van der Waals surface area contributed by atoms with E-state index >= 15 is 0 Å². The first kappa shape index (κ1) is 17.3. The minimum absolute atomic E-state index is 0.00311. The van der Waals surface area contributed by atoms with Crippen molar-refractivity contribution in [2.75, 3.05) is 19.0 Å². The van der Waals surface area contributed by atoms with Crippen LogP contribution in [0, 0.1) is 5.82 Å². The maximum absolute atomic E-state index is 13.0. The van der Waals surface area contributed by atoms with E-state index in [1.165, 1.54) is 17.7 Å². The van der Waals surface area contributed by atoms with Crippen LogP contribution in [0.2, 0.25) is 0 Å². The summed E-state index contributed by atoms with van der Waals surface area (Å²) >= 11 is 0. The smallest absolute Gasteiger partial charge is 0.253 e. The van der Waals surface area contributed by atoms with E-state index < -0.39 is 0 Å². The van der Waals surface area contributed by atoms with Crippen molar-refractivity contribution in [2.45, 2.75) is 19.6 Å². The van der Waals surface area contributed by atoms with Gasteiger partial charge in [-0.25, -0.2) is 4.39 Å². The van der Waals surface area contributed by atoms with Crippen LogP contribution in [0.3, 0.4) is 0 Å². The SMILES string of the molecule is CN(C)C(=O)c1ccc(N2Cc3cn(Cc4ccc(F)cc4)nc3C2)cc1. The van der Waals surface area contributed by atoms with Gasteiger partial charge in [-0.15, -0.1) is 0 Å². The molecule has 1 aliphatic heterocycles. The van der Waals surface area contributed by atoms with E-state index in [1.54, 1.807) is 31.1 Å². The zero-order valence-corrected chi connectivity index (χ0v) is 15.4. The van der Waals surface area contributed by atoms with Gasteiger partial charge in [0.1, 0.15) is 5.82 Å². The molecule has 0 atom stereocenters. The highest BCUT2D eigenvalue weighted by atomic mass is 19.1. The molecule has 1 amide bonds. The standard InChI is InChI=1S/C21H21FN4O/c1-24(2)21(27)16-5-9-19(10-6-16)25-12-17-13-26(23-20(17)14-25)11-15-3-7-18(22)8-4-15/h3-10,13H,11-12,14H2,1-2H3. The molecule has 0 bridgehead atoms. The van der Waals surface area contributed by atoms with Crippen molar-refractivity contribution in [2.24, 2.45) is 0 Å². The number of carbonyl (C=O) groups is 1. The molecule has 138 valence electrons. The number of hydrogen-bond acceptors (Lipinski definition) is 3. The van der Waals surface area contributed by atoms with E-state index in [0.29, 0.717) is 12.1 Å². The predicted molar refractivity (Wildman–Crippen MR) is 102 cm³/mol. The Kier molecular flexibility index (Phi) is 4.39. The fourth-order valence-electron chi connectivity index (χ4n) is 3.32. The second kappa shape index (κ2) is 6.87. The first-order valence-electron chi connectivity index (χ1n) is 8.86. The average molecular weight is 364 g/mol. The lowest BCUT2D eigenvalue weighted by molar-refractivity contribution is 0.0827. The molecule has 4 rings (SSSR count). The van der Waals surface area contributed by atoms with Crippen LogP contribution in [-0.2, 0) is 19.6 Å². The summed E-state index contributed by atoms with van der Waals surface area (Å²) in [6.07, 6.45) is 2.06. The van der Waals surface area contributed by atoms with Crippen LogP contribution < -0.4 is 4.90 Å². The lowest BCUT2D eigenvalue weighted by atomic mass is 10.2. The molecule has 6 heteroatoms. The molecule has 0 saturated carbocycles. The Morgan fingerprint density at radius 2 is 1.78 bits per heavy atom. The molecule has 27 heavy (non-hydrogen) atoms. The van der Waals surface area contributed by atoms with Crippen molar-refractivity contribution in [3.05, 3.63) is 82.9 Å². The summed E-state index contributed by atoms with van der Waals surface area (Å²) in [7, 11) is 3.50. The van der Waals surface area contributed by atoms with Crippen LogP contribution in [0.1, 0.15) is 27.2 Å². The summed E-state index contributed by atoms with van der Waals surface area (Å²) in [6, 6.07) is 14.2. The molecule has 0 unspecified atom stereocenters. The highest BCUT2D eigenvalue weighted by Gasteiger charge is 2.23. The average Bonchev–Trinajstić information content (AvgIpc) is 3.21. The number of rotatable bonds is 4. The monoisotopic (exact) mass is 364 g/mol. The van der Waals surface area contributed by atoms with Gasteiger partial charge in [-0.05, 0) is 42.0 Å². The minimum atomic E-state index is -0.226. The van der Waals surface area contributed by atoms with Gasteiger partial charge in [-0.3, -0.25) is 9.48 Å². The Morgan fingerprint density at radius 1 is 1.07 bits per heavy atom. The molecular formula is C21H21FN4O. The number of carbonyl (C=O) groups excluding carboxylic acids is 1. The molecule has 1 aliphatic rings. The van der Waals surface area contributed by atoms with E-state index in [1.807, 2.05) is 28.9 Å². The summed E-state index contributed by atoms with van der Waals surface area (Å²) in [4.78, 5) is 15.8. The molecule has 2 aromatic carbocycles. The molecule has 2 heterocycles. The number of amides is 1. The van der Waals surface area contributed by atoms with E-state index in [9.17, 15) is 9.18 Å². The van der Waals surface area contributed by atoms with Crippen molar-refractivity contribution in [3.8, 4) is 0 Å². The van der Waals surface area contributed by atoms with Crippen LogP contribution in [-0.4, -0.2) is 34.7 Å². The third-order valence-electron chi connectivity index (χ3n) is 4.77. The number of benzene rings is 2. The molecule has 1 aromatic heterocycles. The van der Waals surface area contributed by atoms with Crippen molar-refractivity contribution >= 4 is 11.6 Å². The summed E-state index contributed by atoms with van der Waals surface area (Å²) < 4.78 is 14.9. The van der Waals surface area contributed by atoms with Gasteiger partial charge < -0.3 is 9.80 Å². The molecule has 0 fully saturated rings. The second-order valence-corrected chi connectivity index (χ2v) is 7.03. The Balaban J connectivity index is 1.43. The maximum Gasteiger partial charge on any atom is 0.253 e. The van der Waals surface area contributed by atoms with Crippen LogP contribution >= 0.6 is 0 Å². The number of nitrogens with zero attached hydrogens (tertiary/aromatic N) is 4. The summed E-state index contributed by atoms with van der Waals surface area (Å²) in [5.41, 5.74) is 5.05. The second-order valence-electron chi connectivity index (χ2n) is 7.03. The van der Waals surface area contributed by atoms with Crippen LogP contribution in [0.25, 0.3) is 0 Å². The fraction of sp³-hybridized carbons (Fsp3) is 0.238. The topological polar surface area (TPSA) is 41.4 Å². The summed E-state index contributed by atoms with van der Waals surface area (Å²) in [5, 5.41) is 4.67. The minimum Gasteiger partial charge on any atom is -0.361 e. The largest absolute Gasteiger partial charge is 0.361 e. The normalized spacial score (nSPS) is 12.9. The Bertz CT molecular complexity index is 937. The predicted octanol–water partition coefficient (Wildman–Crippen LogP) is 3.29. The Hall–Kier alpha value is -3.15. The molecule has 0 N–H and O–H groups in total. The number of hydrogen-bond donors (Lipinski definition) is 0. The van der Waals surface area contributed by atoms with Crippen molar-refractivity contribution < 1.29 is 9.18 Å². The van der Waals surface area contributed by atoms with Crippen LogP contribution in [0.5, 0.6) is 0 Å². The molecule has 0 saturated heterocycles. The number of anilines is 1. The van der Waals surface area contributed by atoms with E-state index in [4.69, 9.17) is 0 Å². The zero-order valence-electron chi connectivity index (χ0n) is 15.4. The molecule has 5 nitrogen and oxygen atoms in total. The van der Waals surface area contributed by atoms with Gasteiger partial charge in [-0.2, -0.15) is 5.10 Å². The quantitative estimate of drug-likeness (QED) is 0.713. The number of halogens is 1. The zero-order chi connectivity index (χ0) is 19.0. The molecule has 3 aromatic rings. The first-order valence-corrected chi connectivity index (χ1v) is 8.86. The summed E-state index contributed by atoms with van der Waals surface area (Å²) in [6.45, 7) is 2.17. The van der Waals surface area contributed by atoms with Gasteiger partial charge in [0, 0.05) is 43.7 Å². The highest BCUT2D eigenvalue weighted by molar-refractivity contribution is 5.94. The van der Waals surface area contributed by atoms with E-state index in [2.05, 4.69) is 16.2 Å². The molecular weight excluding hydrogens is 343 g/mol. The van der Waals surface area contributed by atoms with Crippen LogP contribution in [0.15, 0.2) is 54.7 Å². The molecule has 0 radical (unpaired) electrons. The number of aromatic nitrogens is 2. The van der Waals surface area contributed by atoms with Gasteiger partial charge in [-0.1, -0.05) is 12.1 Å². The van der Waals surface area contributed by atoms with Gasteiger partial charge in [0.15, 0.2) is 0 Å². The van der Waals surface area contributed by atoms with Gasteiger partial charge in [0.05, 0.1) is 18.8 Å². The van der Waals surface area contributed by atoms with Crippen molar-refractivity contribution in [3.63, 3.8) is 0 Å². The molecule has 0 aliphatic carbocycles. The molecule has 0 spiro atoms. The van der Waals surface area contributed by atoms with E-state index in [0.717, 1.165) is 30.0 Å². The van der Waals surface area contributed by atoms with Crippen molar-refractivity contribution in [1.29, 1.82) is 0 Å². The third kappa shape index (κ3) is 3.56. The Labute approximate surface area is 157 Å². The number of fused-ring (bicyclic) bond motifs is 1. The first-order chi connectivity index (χ1) is 13.0. The van der Waals surface area contributed by atoms with E-state index in [-0.39, 0.29) is 11.7 Å². The van der Waals surface area contributed by atoms with Gasteiger partial charge >= 0.3 is 0 Å². The van der Waals surface area contributed by atoms with Gasteiger partial charge in [0.2, 0.25) is 0 Å². The maximum atomic E-state index is 13.0. The van der Waals surface area contributed by atoms with Crippen LogP contribution in [0.4, 0.5) is 10.1 Å².